The van der Waals surface area contributed by atoms with Gasteiger partial charge in [-0.3, -0.25) is 4.79 Å². The summed E-state index contributed by atoms with van der Waals surface area (Å²) < 4.78 is 41.3. The molecule has 41 heavy (non-hydrogen) atoms. The van der Waals surface area contributed by atoms with E-state index >= 15 is 0 Å². The molecule has 0 saturated heterocycles. The molecule has 8 nitrogen and oxygen atoms in total. The third-order valence-electron chi connectivity index (χ3n) is 6.11. The molecule has 0 radical (unpaired) electrons. The highest BCUT2D eigenvalue weighted by Gasteiger charge is 2.20. The molecule has 0 aliphatic carbocycles. The van der Waals surface area contributed by atoms with Gasteiger partial charge in [0.2, 0.25) is 0 Å². The Balaban J connectivity index is 1.39. The number of amides is 1. The summed E-state index contributed by atoms with van der Waals surface area (Å²) in [5, 5.41) is 2.75. The average molecular weight is 574 g/mol. The molecule has 9 heteroatoms. The first-order valence-corrected chi connectivity index (χ1v) is 14.4. The summed E-state index contributed by atoms with van der Waals surface area (Å²) in [5.41, 5.74) is 3.36. The Labute approximate surface area is 240 Å². The van der Waals surface area contributed by atoms with E-state index in [4.69, 9.17) is 13.7 Å². The molecule has 0 spiro atoms. The fourth-order valence-electron chi connectivity index (χ4n) is 3.95. The number of benzene rings is 4. The maximum Gasteiger partial charge on any atom is 0.407 e. The van der Waals surface area contributed by atoms with Crippen molar-refractivity contribution in [2.75, 3.05) is 0 Å². The van der Waals surface area contributed by atoms with Crippen molar-refractivity contribution in [1.82, 2.24) is 5.32 Å². The van der Waals surface area contributed by atoms with Crippen molar-refractivity contribution in [3.63, 3.8) is 0 Å². The quantitative estimate of drug-likeness (QED) is 0.170. The molecule has 4 aromatic rings. The molecular weight excluding hydrogens is 542 g/mol. The Morgan fingerprint density at radius 1 is 0.707 bits per heavy atom. The Kier molecular flexibility index (Phi) is 10.1. The van der Waals surface area contributed by atoms with Crippen molar-refractivity contribution < 1.29 is 31.7 Å². The van der Waals surface area contributed by atoms with Gasteiger partial charge in [0.15, 0.2) is 0 Å². The Bertz CT molecular complexity index is 1470. The summed E-state index contributed by atoms with van der Waals surface area (Å²) in [6.07, 6.45) is -0.488. The van der Waals surface area contributed by atoms with Crippen LogP contribution >= 0.6 is 0 Å². The average Bonchev–Trinajstić information content (AvgIpc) is 2.97. The summed E-state index contributed by atoms with van der Waals surface area (Å²) in [7, 11) is -3.99. The topological polar surface area (TPSA) is 108 Å². The van der Waals surface area contributed by atoms with E-state index in [1.165, 1.54) is 24.3 Å². The van der Waals surface area contributed by atoms with E-state index in [0.717, 1.165) is 22.3 Å². The molecule has 0 heterocycles. The molecular formula is C32H31NO7S. The van der Waals surface area contributed by atoms with Gasteiger partial charge in [-0.2, -0.15) is 8.42 Å². The van der Waals surface area contributed by atoms with Crippen LogP contribution in [-0.4, -0.2) is 26.5 Å². The maximum atomic E-state index is 12.6. The zero-order valence-corrected chi connectivity index (χ0v) is 23.4. The Morgan fingerprint density at radius 3 is 1.85 bits per heavy atom. The first kappa shape index (κ1) is 29.4. The molecule has 1 unspecified atom stereocenters. The molecule has 0 aliphatic rings. The number of ether oxygens (including phenoxy) is 2. The predicted octanol–water partition coefficient (Wildman–Crippen LogP) is 5.73. The second-order valence-electron chi connectivity index (χ2n) is 9.45. The van der Waals surface area contributed by atoms with Crippen LogP contribution in [0, 0.1) is 6.92 Å². The number of carbonyl (C=O) groups excluding carboxylic acids is 2. The number of nitrogens with one attached hydrogen (secondary N) is 1. The van der Waals surface area contributed by atoms with Crippen LogP contribution in [0.1, 0.15) is 28.7 Å². The molecule has 0 aromatic heterocycles. The van der Waals surface area contributed by atoms with E-state index in [0.29, 0.717) is 0 Å². The van der Waals surface area contributed by atoms with E-state index in [1.54, 1.807) is 24.3 Å². The first-order chi connectivity index (χ1) is 19.8. The van der Waals surface area contributed by atoms with Crippen molar-refractivity contribution in [3.8, 4) is 5.75 Å². The van der Waals surface area contributed by atoms with Gasteiger partial charge in [-0.1, -0.05) is 90.5 Å². The summed E-state index contributed by atoms with van der Waals surface area (Å²) in [6.45, 7) is 2.07. The van der Waals surface area contributed by atoms with Crippen LogP contribution in [0.3, 0.4) is 0 Å². The second kappa shape index (κ2) is 14.1. The van der Waals surface area contributed by atoms with E-state index in [2.05, 4.69) is 5.32 Å². The van der Waals surface area contributed by atoms with Crippen LogP contribution in [0.15, 0.2) is 114 Å². The van der Waals surface area contributed by atoms with Crippen LogP contribution < -0.4 is 9.50 Å². The van der Waals surface area contributed by atoms with Crippen LogP contribution in [0.2, 0.25) is 0 Å². The molecule has 0 aliphatic heterocycles. The van der Waals surface area contributed by atoms with E-state index in [9.17, 15) is 18.0 Å². The van der Waals surface area contributed by atoms with Crippen molar-refractivity contribution >= 4 is 22.2 Å². The van der Waals surface area contributed by atoms with Crippen molar-refractivity contribution in [1.29, 1.82) is 0 Å². The van der Waals surface area contributed by atoms with E-state index < -0.39 is 28.2 Å². The van der Waals surface area contributed by atoms with E-state index in [-0.39, 0.29) is 36.7 Å². The lowest BCUT2D eigenvalue weighted by Crippen LogP contribution is -2.38. The number of esters is 1. The van der Waals surface area contributed by atoms with Crippen LogP contribution in [0.25, 0.3) is 0 Å². The molecule has 212 valence electrons. The minimum Gasteiger partial charge on any atom is -0.461 e. The number of aryl methyl sites for hydroxylation is 1. The molecule has 4 rings (SSSR count). The largest absolute Gasteiger partial charge is 0.461 e. The van der Waals surface area contributed by atoms with E-state index in [1.807, 2.05) is 67.6 Å². The smallest absolute Gasteiger partial charge is 0.407 e. The zero-order valence-electron chi connectivity index (χ0n) is 22.6. The monoisotopic (exact) mass is 573 g/mol. The van der Waals surface area contributed by atoms with Crippen molar-refractivity contribution in [3.05, 3.63) is 131 Å². The summed E-state index contributed by atoms with van der Waals surface area (Å²) >= 11 is 0. The lowest BCUT2D eigenvalue weighted by molar-refractivity contribution is -0.145. The maximum absolute atomic E-state index is 12.6. The lowest BCUT2D eigenvalue weighted by atomic mass is 10.0. The van der Waals surface area contributed by atoms with Gasteiger partial charge in [0.25, 0.3) is 0 Å². The summed E-state index contributed by atoms with van der Waals surface area (Å²) in [6, 6.07) is 30.7. The lowest BCUT2D eigenvalue weighted by Gasteiger charge is -2.18. The molecule has 0 fully saturated rings. The summed E-state index contributed by atoms with van der Waals surface area (Å²) in [5.74, 6) is -0.338. The number of alkyl carbamates (subject to hydrolysis) is 1. The summed E-state index contributed by atoms with van der Waals surface area (Å²) in [4.78, 5) is 25.3. The molecule has 1 N–H and O–H groups in total. The Morgan fingerprint density at radius 2 is 1.27 bits per heavy atom. The minimum absolute atomic E-state index is 0.0551. The van der Waals surface area contributed by atoms with Gasteiger partial charge in [-0.15, -0.1) is 0 Å². The highest BCUT2D eigenvalue weighted by Crippen LogP contribution is 2.21. The number of carbonyl (C=O) groups is 2. The van der Waals surface area contributed by atoms with Gasteiger partial charge < -0.3 is 19.0 Å². The van der Waals surface area contributed by atoms with Gasteiger partial charge in [0.1, 0.15) is 23.9 Å². The van der Waals surface area contributed by atoms with Crippen LogP contribution in [0.4, 0.5) is 4.79 Å². The zero-order chi connectivity index (χ0) is 29.1. The second-order valence-corrected chi connectivity index (χ2v) is 11.0. The number of rotatable bonds is 12. The van der Waals surface area contributed by atoms with Gasteiger partial charge in [0, 0.05) is 6.04 Å². The minimum atomic E-state index is -3.99. The SMILES string of the molecule is Cc1ccc(S(=O)(=O)Oc2ccc(CC(CC(=O)OCc3ccccc3)NC(=O)OCc3ccccc3)cc2)cc1. The fourth-order valence-corrected chi connectivity index (χ4v) is 4.88. The molecule has 1 atom stereocenters. The van der Waals surface area contributed by atoms with Gasteiger partial charge in [0.05, 0.1) is 6.42 Å². The Hall–Kier alpha value is -4.63. The van der Waals surface area contributed by atoms with Crippen molar-refractivity contribution in [2.24, 2.45) is 0 Å². The highest BCUT2D eigenvalue weighted by molar-refractivity contribution is 7.87. The highest BCUT2D eigenvalue weighted by atomic mass is 32.2. The third-order valence-corrected chi connectivity index (χ3v) is 7.37. The predicted molar refractivity (Wildman–Crippen MR) is 154 cm³/mol. The number of hydrogen-bond donors (Lipinski definition) is 1. The van der Waals surface area contributed by atoms with Crippen LogP contribution in [-0.2, 0) is 44.0 Å². The number of hydrogen-bond acceptors (Lipinski definition) is 7. The van der Waals surface area contributed by atoms with Crippen LogP contribution in [0.5, 0.6) is 5.75 Å². The third kappa shape index (κ3) is 9.51. The standard InChI is InChI=1S/C32H31NO7S/c1-24-12-18-30(19-13-24)41(36,37)40-29-16-14-25(15-17-29)20-28(21-31(34)38-22-26-8-4-2-5-9-26)33-32(35)39-23-27-10-6-3-7-11-27/h2-19,28H,20-23H2,1H3,(H,33,35). The van der Waals surface area contributed by atoms with Gasteiger partial charge in [-0.25, -0.2) is 4.79 Å². The normalized spacial score (nSPS) is 11.7. The van der Waals surface area contributed by atoms with Crippen molar-refractivity contribution in [2.45, 2.75) is 43.9 Å². The first-order valence-electron chi connectivity index (χ1n) is 13.0. The molecule has 0 saturated carbocycles. The molecule has 4 aromatic carbocycles. The van der Waals surface area contributed by atoms with Gasteiger partial charge >= 0.3 is 22.2 Å². The molecule has 0 bridgehead atoms. The fraction of sp³-hybridized carbons (Fsp3) is 0.188. The molecule has 1 amide bonds. The van der Waals surface area contributed by atoms with Gasteiger partial charge in [-0.05, 0) is 54.3 Å².